The number of benzene rings is 2. The fourth-order valence-corrected chi connectivity index (χ4v) is 4.93. The van der Waals surface area contributed by atoms with E-state index in [4.69, 9.17) is 11.6 Å². The normalized spacial score (nSPS) is 16.5. The molecule has 0 saturated carbocycles. The molecule has 1 amide bonds. The van der Waals surface area contributed by atoms with Gasteiger partial charge in [0.1, 0.15) is 16.5 Å². The first-order valence-corrected chi connectivity index (χ1v) is 11.3. The van der Waals surface area contributed by atoms with Gasteiger partial charge in [-0.05, 0) is 31.2 Å². The Morgan fingerprint density at radius 2 is 1.81 bits per heavy atom. The molecule has 172 valence electrons. The average molecular weight is 489 g/mol. The van der Waals surface area contributed by atoms with E-state index in [-0.39, 0.29) is 42.6 Å². The van der Waals surface area contributed by atoms with Crippen molar-refractivity contribution in [3.05, 3.63) is 63.2 Å². The number of non-ortho nitro benzene ring substituents is 1. The summed E-state index contributed by atoms with van der Waals surface area (Å²) in [5, 5.41) is 13.6. The number of hydrogen-bond acceptors (Lipinski definition) is 6. The number of nitrogens with zero attached hydrogens (tertiary/aromatic N) is 3. The average Bonchev–Trinajstić information content (AvgIpc) is 2.76. The summed E-state index contributed by atoms with van der Waals surface area (Å²) >= 11 is 6.01. The van der Waals surface area contributed by atoms with Gasteiger partial charge in [0.05, 0.1) is 21.7 Å². The van der Waals surface area contributed by atoms with Gasteiger partial charge in [-0.3, -0.25) is 19.8 Å². The number of nitrogens with one attached hydrogen (secondary N) is 1. The number of sulfonamides is 1. The van der Waals surface area contributed by atoms with Crippen LogP contribution in [-0.4, -0.2) is 60.7 Å². The van der Waals surface area contributed by atoms with Crippen molar-refractivity contribution in [2.75, 3.05) is 31.5 Å². The molecule has 2 aromatic carbocycles. The molecular weight excluding hydrogens is 470 g/mol. The van der Waals surface area contributed by atoms with E-state index in [9.17, 15) is 32.1 Å². The van der Waals surface area contributed by atoms with E-state index in [1.165, 1.54) is 12.1 Å². The summed E-state index contributed by atoms with van der Waals surface area (Å²) in [5.41, 5.74) is -0.152. The Bertz CT molecular complexity index is 1160. The van der Waals surface area contributed by atoms with Crippen LogP contribution in [0.4, 0.5) is 20.2 Å². The minimum Gasteiger partial charge on any atom is -0.323 e. The quantitative estimate of drug-likeness (QED) is 0.494. The van der Waals surface area contributed by atoms with Gasteiger partial charge in [-0.15, -0.1) is 0 Å². The number of rotatable bonds is 6. The maximum absolute atomic E-state index is 14.0. The summed E-state index contributed by atoms with van der Waals surface area (Å²) in [5.74, 6) is -2.40. The zero-order valence-electron chi connectivity index (χ0n) is 16.8. The third-order valence-corrected chi connectivity index (χ3v) is 7.37. The number of anilines is 1. The molecular formula is C19H19ClF2N4O5S. The van der Waals surface area contributed by atoms with Crippen molar-refractivity contribution < 1.29 is 26.9 Å². The summed E-state index contributed by atoms with van der Waals surface area (Å²) in [7, 11) is -4.24. The molecule has 1 atom stereocenters. The first-order chi connectivity index (χ1) is 15.0. The standard InChI is InChI=1S/C19H19ClF2N4O5S/c1-12(19(27)23-17-11-14(26(28)29)3-4-15(17)20)24-6-8-25(9-7-24)32(30,31)18-10-13(21)2-5-16(18)22/h2-5,10-12H,6-9H2,1H3,(H,23,27). The zero-order chi connectivity index (χ0) is 23.6. The molecule has 32 heavy (non-hydrogen) atoms. The number of hydrogen-bond donors (Lipinski definition) is 1. The molecule has 1 N–H and O–H groups in total. The van der Waals surface area contributed by atoms with Gasteiger partial charge < -0.3 is 5.32 Å². The molecule has 3 rings (SSSR count). The van der Waals surface area contributed by atoms with Gasteiger partial charge in [0.25, 0.3) is 5.69 Å². The van der Waals surface area contributed by atoms with Crippen molar-refractivity contribution in [2.45, 2.75) is 17.9 Å². The van der Waals surface area contributed by atoms with Crippen LogP contribution in [0.3, 0.4) is 0 Å². The number of carbonyl (C=O) groups is 1. The Hall–Kier alpha value is -2.67. The van der Waals surface area contributed by atoms with Crippen molar-refractivity contribution in [1.29, 1.82) is 0 Å². The van der Waals surface area contributed by atoms with Crippen molar-refractivity contribution >= 4 is 38.9 Å². The summed E-state index contributed by atoms with van der Waals surface area (Å²) < 4.78 is 53.8. The highest BCUT2D eigenvalue weighted by Gasteiger charge is 2.33. The minimum absolute atomic E-state index is 0.0343. The van der Waals surface area contributed by atoms with Crippen molar-refractivity contribution in [1.82, 2.24) is 9.21 Å². The molecule has 1 saturated heterocycles. The van der Waals surface area contributed by atoms with Gasteiger partial charge in [0, 0.05) is 38.3 Å². The third-order valence-electron chi connectivity index (χ3n) is 5.13. The largest absolute Gasteiger partial charge is 0.323 e. The summed E-state index contributed by atoms with van der Waals surface area (Å²) in [6.07, 6.45) is 0. The lowest BCUT2D eigenvalue weighted by Gasteiger charge is -2.36. The molecule has 1 aliphatic heterocycles. The molecule has 1 heterocycles. The van der Waals surface area contributed by atoms with Gasteiger partial charge in [-0.2, -0.15) is 4.31 Å². The first-order valence-electron chi connectivity index (χ1n) is 9.45. The number of piperazine rings is 1. The van der Waals surface area contributed by atoms with Crippen molar-refractivity contribution in [3.8, 4) is 0 Å². The number of amides is 1. The number of nitro groups is 1. The fraction of sp³-hybridized carbons (Fsp3) is 0.316. The molecule has 0 aromatic heterocycles. The van der Waals surface area contributed by atoms with Crippen molar-refractivity contribution in [3.63, 3.8) is 0 Å². The number of nitro benzene ring substituents is 1. The van der Waals surface area contributed by atoms with E-state index >= 15 is 0 Å². The molecule has 0 aliphatic carbocycles. The molecule has 2 aromatic rings. The Labute approximate surface area is 187 Å². The van der Waals surface area contributed by atoms with Gasteiger partial charge in [-0.1, -0.05) is 11.6 Å². The topological polar surface area (TPSA) is 113 Å². The molecule has 9 nitrogen and oxygen atoms in total. The van der Waals surface area contributed by atoms with E-state index < -0.39 is 43.4 Å². The second-order valence-corrected chi connectivity index (χ2v) is 9.41. The maximum atomic E-state index is 14.0. The van der Waals surface area contributed by atoms with Gasteiger partial charge >= 0.3 is 0 Å². The lowest BCUT2D eigenvalue weighted by atomic mass is 10.2. The molecule has 0 spiro atoms. The third kappa shape index (κ3) is 5.04. The van der Waals surface area contributed by atoms with E-state index in [2.05, 4.69) is 5.32 Å². The predicted octanol–water partition coefficient (Wildman–Crippen LogP) is 2.86. The van der Waals surface area contributed by atoms with Crippen LogP contribution in [0.15, 0.2) is 41.3 Å². The van der Waals surface area contributed by atoms with Crippen LogP contribution in [0.1, 0.15) is 6.92 Å². The number of halogens is 3. The Kier molecular flexibility index (Phi) is 7.08. The van der Waals surface area contributed by atoms with E-state index in [1.54, 1.807) is 11.8 Å². The van der Waals surface area contributed by atoms with Crippen LogP contribution >= 0.6 is 11.6 Å². The molecule has 1 unspecified atom stereocenters. The highest BCUT2D eigenvalue weighted by molar-refractivity contribution is 7.89. The summed E-state index contributed by atoms with van der Waals surface area (Å²) in [4.78, 5) is 23.9. The van der Waals surface area contributed by atoms with Crippen LogP contribution < -0.4 is 5.32 Å². The summed E-state index contributed by atoms with van der Waals surface area (Å²) in [6, 6.07) is 5.17. The van der Waals surface area contributed by atoms with E-state index in [0.29, 0.717) is 6.07 Å². The molecule has 0 bridgehead atoms. The molecule has 1 fully saturated rings. The lowest BCUT2D eigenvalue weighted by molar-refractivity contribution is -0.384. The van der Waals surface area contributed by atoms with Crippen LogP contribution in [0, 0.1) is 21.7 Å². The highest BCUT2D eigenvalue weighted by Crippen LogP contribution is 2.27. The van der Waals surface area contributed by atoms with Crippen LogP contribution in [0.5, 0.6) is 0 Å². The predicted molar refractivity (Wildman–Crippen MR) is 113 cm³/mol. The number of carbonyl (C=O) groups excluding carboxylic acids is 1. The molecule has 1 aliphatic rings. The zero-order valence-corrected chi connectivity index (χ0v) is 18.4. The van der Waals surface area contributed by atoms with Gasteiger partial charge in [0.2, 0.25) is 15.9 Å². The second kappa shape index (κ2) is 9.45. The second-order valence-electron chi connectivity index (χ2n) is 7.10. The molecule has 13 heteroatoms. The highest BCUT2D eigenvalue weighted by atomic mass is 35.5. The van der Waals surface area contributed by atoms with Gasteiger partial charge in [0.15, 0.2) is 0 Å². The van der Waals surface area contributed by atoms with E-state index in [0.717, 1.165) is 22.5 Å². The minimum atomic E-state index is -4.24. The lowest BCUT2D eigenvalue weighted by Crippen LogP contribution is -2.54. The van der Waals surface area contributed by atoms with Gasteiger partial charge in [-0.25, -0.2) is 17.2 Å². The SMILES string of the molecule is CC(C(=O)Nc1cc([N+](=O)[O-])ccc1Cl)N1CCN(S(=O)(=O)c2cc(F)ccc2F)CC1. The van der Waals surface area contributed by atoms with Crippen LogP contribution in [0.2, 0.25) is 5.02 Å². The Morgan fingerprint density at radius 1 is 1.16 bits per heavy atom. The summed E-state index contributed by atoms with van der Waals surface area (Å²) in [6.45, 7) is 1.85. The Balaban J connectivity index is 1.66. The van der Waals surface area contributed by atoms with E-state index in [1.807, 2.05) is 0 Å². The van der Waals surface area contributed by atoms with Crippen LogP contribution in [0.25, 0.3) is 0 Å². The fourth-order valence-electron chi connectivity index (χ4n) is 3.27. The smallest absolute Gasteiger partial charge is 0.271 e. The first kappa shape index (κ1) is 24.0. The maximum Gasteiger partial charge on any atom is 0.271 e. The monoisotopic (exact) mass is 488 g/mol. The van der Waals surface area contributed by atoms with Crippen LogP contribution in [-0.2, 0) is 14.8 Å². The molecule has 0 radical (unpaired) electrons. The van der Waals surface area contributed by atoms with Crippen molar-refractivity contribution in [2.24, 2.45) is 0 Å². The Morgan fingerprint density at radius 3 is 2.44 bits per heavy atom.